The van der Waals surface area contributed by atoms with Crippen molar-refractivity contribution in [2.45, 2.75) is 26.3 Å². The number of piperidine rings is 1. The van der Waals surface area contributed by atoms with Crippen LogP contribution in [0.25, 0.3) is 16.9 Å². The molecule has 1 saturated heterocycles. The van der Waals surface area contributed by atoms with Crippen LogP contribution in [0.15, 0.2) is 48.5 Å². The van der Waals surface area contributed by atoms with E-state index in [0.717, 1.165) is 25.9 Å². The zero-order chi connectivity index (χ0) is 24.2. The molecule has 0 unspecified atom stereocenters. The molecule has 0 atom stereocenters. The number of nitrogens with zero attached hydrogens (tertiary/aromatic N) is 3. The molecule has 4 rings (SSSR count). The molecule has 2 heterocycles. The summed E-state index contributed by atoms with van der Waals surface area (Å²) < 4.78 is 25.7. The lowest BCUT2D eigenvalue weighted by atomic mass is 9.96. The van der Waals surface area contributed by atoms with E-state index in [9.17, 15) is 14.0 Å². The molecule has 0 saturated carbocycles. The van der Waals surface area contributed by atoms with Crippen molar-refractivity contribution < 1.29 is 23.5 Å². The number of halogens is 1. The first kappa shape index (κ1) is 23.6. The Labute approximate surface area is 198 Å². The Morgan fingerprint density at radius 1 is 1.03 bits per heavy atom. The van der Waals surface area contributed by atoms with Crippen LogP contribution in [-0.2, 0) is 16.0 Å². The van der Waals surface area contributed by atoms with Crippen molar-refractivity contribution in [2.24, 2.45) is 5.92 Å². The van der Waals surface area contributed by atoms with Gasteiger partial charge in [-0.05, 0) is 67.7 Å². The van der Waals surface area contributed by atoms with E-state index in [0.29, 0.717) is 29.3 Å². The standard InChI is InChI=1S/C26H28FN3O4/c1-17-11-13-29(14-12-17)16-18-15-19(27)9-10-21(18)23-22(25(31)33-2)24(26(32)34-3)30(28-23)20-7-5-4-6-8-20/h4-10,15,17H,11-14,16H2,1-3H3. The van der Waals surface area contributed by atoms with Gasteiger partial charge in [0.05, 0.1) is 19.9 Å². The number of methoxy groups -OCH3 is 2. The van der Waals surface area contributed by atoms with Gasteiger partial charge >= 0.3 is 11.9 Å². The smallest absolute Gasteiger partial charge is 0.357 e. The molecule has 0 bridgehead atoms. The van der Waals surface area contributed by atoms with E-state index in [4.69, 9.17) is 9.47 Å². The lowest BCUT2D eigenvalue weighted by Crippen LogP contribution is -2.32. The molecule has 0 spiro atoms. The van der Waals surface area contributed by atoms with Crippen LogP contribution in [0.2, 0.25) is 0 Å². The highest BCUT2D eigenvalue weighted by molar-refractivity contribution is 6.07. The fourth-order valence-corrected chi connectivity index (χ4v) is 4.33. The van der Waals surface area contributed by atoms with Crippen LogP contribution < -0.4 is 0 Å². The summed E-state index contributed by atoms with van der Waals surface area (Å²) in [4.78, 5) is 28.0. The zero-order valence-corrected chi connectivity index (χ0v) is 19.6. The molecule has 1 fully saturated rings. The SMILES string of the molecule is COC(=O)c1c(-c2ccc(F)cc2CN2CCC(C)CC2)nn(-c2ccccc2)c1C(=O)OC. The maximum absolute atomic E-state index is 14.3. The summed E-state index contributed by atoms with van der Waals surface area (Å²) in [7, 11) is 2.49. The van der Waals surface area contributed by atoms with E-state index < -0.39 is 11.9 Å². The highest BCUT2D eigenvalue weighted by Gasteiger charge is 2.32. The van der Waals surface area contributed by atoms with Crippen LogP contribution in [0.5, 0.6) is 0 Å². The van der Waals surface area contributed by atoms with Gasteiger partial charge in [-0.1, -0.05) is 25.1 Å². The Kier molecular flexibility index (Phi) is 7.07. The van der Waals surface area contributed by atoms with E-state index >= 15 is 0 Å². The number of carbonyl (C=O) groups is 2. The topological polar surface area (TPSA) is 73.7 Å². The minimum absolute atomic E-state index is 0.0154. The number of rotatable bonds is 6. The Balaban J connectivity index is 1.90. The van der Waals surface area contributed by atoms with E-state index in [2.05, 4.69) is 16.9 Å². The predicted octanol–water partition coefficient (Wildman–Crippen LogP) is 4.48. The molecule has 0 aliphatic carbocycles. The van der Waals surface area contributed by atoms with Crippen molar-refractivity contribution in [3.05, 3.63) is 71.2 Å². The Bertz CT molecular complexity index is 1180. The lowest BCUT2D eigenvalue weighted by molar-refractivity contribution is 0.0549. The van der Waals surface area contributed by atoms with Gasteiger partial charge in [0.25, 0.3) is 0 Å². The molecule has 0 radical (unpaired) electrons. The van der Waals surface area contributed by atoms with Crippen LogP contribution in [0, 0.1) is 11.7 Å². The van der Waals surface area contributed by atoms with Crippen LogP contribution in [0.4, 0.5) is 4.39 Å². The predicted molar refractivity (Wildman–Crippen MR) is 125 cm³/mol. The number of esters is 2. The molecule has 0 amide bonds. The molecule has 3 aromatic rings. The molecule has 1 aliphatic rings. The quantitative estimate of drug-likeness (QED) is 0.500. The summed E-state index contributed by atoms with van der Waals surface area (Å²) in [5.74, 6) is -1.16. The molecular weight excluding hydrogens is 437 g/mol. The highest BCUT2D eigenvalue weighted by Crippen LogP contribution is 2.33. The Morgan fingerprint density at radius 2 is 1.71 bits per heavy atom. The first-order chi connectivity index (χ1) is 16.4. The fraction of sp³-hybridized carbons (Fsp3) is 0.346. The third-order valence-corrected chi connectivity index (χ3v) is 6.25. The number of ether oxygens (including phenoxy) is 2. The van der Waals surface area contributed by atoms with Crippen LogP contribution in [0.3, 0.4) is 0 Å². The summed E-state index contributed by atoms with van der Waals surface area (Å²) in [5, 5.41) is 4.66. The second-order valence-corrected chi connectivity index (χ2v) is 8.56. The van der Waals surface area contributed by atoms with Crippen molar-refractivity contribution >= 4 is 11.9 Å². The maximum Gasteiger partial charge on any atom is 0.357 e. The summed E-state index contributed by atoms with van der Waals surface area (Å²) in [5.41, 5.74) is 2.02. The number of likely N-dealkylation sites (tertiary alicyclic amines) is 1. The van der Waals surface area contributed by atoms with Gasteiger partial charge in [0.2, 0.25) is 0 Å². The average Bonchev–Trinajstić information content (AvgIpc) is 3.25. The van der Waals surface area contributed by atoms with E-state index in [-0.39, 0.29) is 22.8 Å². The van der Waals surface area contributed by atoms with Gasteiger partial charge in [0.15, 0.2) is 5.69 Å². The fourth-order valence-electron chi connectivity index (χ4n) is 4.33. The molecule has 178 valence electrons. The van der Waals surface area contributed by atoms with Gasteiger partial charge < -0.3 is 9.47 Å². The number of carbonyl (C=O) groups excluding carboxylic acids is 2. The minimum Gasteiger partial charge on any atom is -0.465 e. The summed E-state index contributed by atoms with van der Waals surface area (Å²) >= 11 is 0. The molecule has 7 nitrogen and oxygen atoms in total. The highest BCUT2D eigenvalue weighted by atomic mass is 19.1. The lowest BCUT2D eigenvalue weighted by Gasteiger charge is -2.30. The summed E-state index contributed by atoms with van der Waals surface area (Å²) in [6.45, 7) is 4.56. The largest absolute Gasteiger partial charge is 0.465 e. The minimum atomic E-state index is -0.725. The van der Waals surface area contributed by atoms with Gasteiger partial charge in [0, 0.05) is 12.1 Å². The number of benzene rings is 2. The number of hydrogen-bond donors (Lipinski definition) is 0. The van der Waals surface area contributed by atoms with Crippen molar-refractivity contribution in [3.63, 3.8) is 0 Å². The van der Waals surface area contributed by atoms with E-state index in [1.165, 1.54) is 31.0 Å². The van der Waals surface area contributed by atoms with Gasteiger partial charge in [-0.15, -0.1) is 0 Å². The normalized spacial score (nSPS) is 14.7. The molecule has 8 heteroatoms. The van der Waals surface area contributed by atoms with E-state index in [1.54, 1.807) is 30.3 Å². The third-order valence-electron chi connectivity index (χ3n) is 6.25. The molecule has 1 aromatic heterocycles. The number of aromatic nitrogens is 2. The molecule has 34 heavy (non-hydrogen) atoms. The first-order valence-corrected chi connectivity index (χ1v) is 11.3. The maximum atomic E-state index is 14.3. The van der Waals surface area contributed by atoms with Gasteiger partial charge in [0.1, 0.15) is 17.1 Å². The van der Waals surface area contributed by atoms with Crippen molar-refractivity contribution in [1.29, 1.82) is 0 Å². The van der Waals surface area contributed by atoms with Crippen molar-refractivity contribution in [1.82, 2.24) is 14.7 Å². The molecular formula is C26H28FN3O4. The van der Waals surface area contributed by atoms with Gasteiger partial charge in [-0.25, -0.2) is 18.7 Å². The monoisotopic (exact) mass is 465 g/mol. The van der Waals surface area contributed by atoms with Crippen LogP contribution >= 0.6 is 0 Å². The second-order valence-electron chi connectivity index (χ2n) is 8.56. The van der Waals surface area contributed by atoms with Crippen LogP contribution in [0.1, 0.15) is 46.2 Å². The summed E-state index contributed by atoms with van der Waals surface area (Å²) in [6.07, 6.45) is 2.15. The van der Waals surface area contributed by atoms with Gasteiger partial charge in [-0.2, -0.15) is 5.10 Å². The average molecular weight is 466 g/mol. The number of hydrogen-bond acceptors (Lipinski definition) is 6. The van der Waals surface area contributed by atoms with Crippen molar-refractivity contribution in [2.75, 3.05) is 27.3 Å². The Hall–Kier alpha value is -3.52. The zero-order valence-electron chi connectivity index (χ0n) is 19.6. The summed E-state index contributed by atoms with van der Waals surface area (Å²) in [6, 6.07) is 13.4. The molecule has 2 aromatic carbocycles. The van der Waals surface area contributed by atoms with Gasteiger partial charge in [-0.3, -0.25) is 4.90 Å². The van der Waals surface area contributed by atoms with Crippen LogP contribution in [-0.4, -0.2) is 53.9 Å². The molecule has 1 aliphatic heterocycles. The Morgan fingerprint density at radius 3 is 2.35 bits per heavy atom. The number of para-hydroxylation sites is 1. The van der Waals surface area contributed by atoms with Crippen molar-refractivity contribution in [3.8, 4) is 16.9 Å². The molecule has 0 N–H and O–H groups in total. The first-order valence-electron chi connectivity index (χ1n) is 11.3. The second kappa shape index (κ2) is 10.2. The van der Waals surface area contributed by atoms with E-state index in [1.807, 2.05) is 6.07 Å². The third kappa shape index (κ3) is 4.72.